The summed E-state index contributed by atoms with van der Waals surface area (Å²) in [6.45, 7) is 3.16. The van der Waals surface area contributed by atoms with Crippen molar-refractivity contribution in [2.24, 2.45) is 0 Å². The molecule has 0 radical (unpaired) electrons. The predicted molar refractivity (Wildman–Crippen MR) is 103 cm³/mol. The van der Waals surface area contributed by atoms with Gasteiger partial charge >= 0.3 is 0 Å². The van der Waals surface area contributed by atoms with Gasteiger partial charge in [-0.05, 0) is 37.5 Å². The van der Waals surface area contributed by atoms with Crippen LogP contribution in [-0.4, -0.2) is 33.4 Å². The molecule has 0 spiro atoms. The van der Waals surface area contributed by atoms with Crippen LogP contribution in [0.5, 0.6) is 0 Å². The molecular weight excluding hydrogens is 368 g/mol. The van der Waals surface area contributed by atoms with Gasteiger partial charge in [0, 0.05) is 36.3 Å². The Morgan fingerprint density at radius 2 is 2.30 bits per heavy atom. The van der Waals surface area contributed by atoms with Gasteiger partial charge in [-0.1, -0.05) is 17.7 Å². The van der Waals surface area contributed by atoms with Crippen LogP contribution in [0.25, 0.3) is 11.3 Å². The number of pyridine rings is 1. The summed E-state index contributed by atoms with van der Waals surface area (Å²) >= 11 is 6.13. The quantitative estimate of drug-likeness (QED) is 0.721. The maximum Gasteiger partial charge on any atom is 0.275 e. The van der Waals surface area contributed by atoms with Crippen molar-refractivity contribution in [3.63, 3.8) is 0 Å². The molecule has 1 amide bonds. The number of benzene rings is 1. The minimum atomic E-state index is -0.349. The summed E-state index contributed by atoms with van der Waals surface area (Å²) < 4.78 is 7.50. The van der Waals surface area contributed by atoms with Gasteiger partial charge in [-0.2, -0.15) is 5.10 Å². The zero-order valence-corrected chi connectivity index (χ0v) is 15.5. The molecule has 140 valence electrons. The standard InChI is InChI=1S/C19H19ClN4O3/c1-11-15(20)5-2-6-16(11)21-18(25)13-9-24(8-12-4-3-7-27-12)10-14-17(13)22-23-19(14)26/h2,5-6,9-10,12H,3-4,7-8H2,1H3,(H,21,25)(H,23,26)/t12-/m1/s1. The lowest BCUT2D eigenvalue weighted by atomic mass is 10.1. The second-order valence-corrected chi connectivity index (χ2v) is 7.09. The van der Waals surface area contributed by atoms with Crippen molar-refractivity contribution >= 4 is 23.2 Å². The van der Waals surface area contributed by atoms with E-state index in [-0.39, 0.29) is 17.6 Å². The Hall–Kier alpha value is -2.64. The molecule has 1 saturated heterocycles. The second kappa shape index (κ2) is 7.17. The van der Waals surface area contributed by atoms with Gasteiger partial charge in [0.15, 0.2) is 0 Å². The molecule has 7 nitrogen and oxygen atoms in total. The molecule has 8 heteroatoms. The second-order valence-electron chi connectivity index (χ2n) is 6.69. The highest BCUT2D eigenvalue weighted by atomic mass is 35.5. The predicted octanol–water partition coefficient (Wildman–Crippen LogP) is 3.07. The molecule has 1 fully saturated rings. The number of nitrogens with zero attached hydrogens (tertiary/aromatic N) is 2. The van der Waals surface area contributed by atoms with Gasteiger partial charge in [0.1, 0.15) is 5.69 Å². The number of ether oxygens (including phenoxy) is 1. The fourth-order valence-corrected chi connectivity index (χ4v) is 3.49. The summed E-state index contributed by atoms with van der Waals surface area (Å²) in [6.07, 6.45) is 5.49. The summed E-state index contributed by atoms with van der Waals surface area (Å²) in [7, 11) is 0. The van der Waals surface area contributed by atoms with Crippen LogP contribution in [0.4, 0.5) is 5.69 Å². The SMILES string of the molecule is Cc1c(Cl)cccc1NC(=O)c1cn(C[C@H]2CCCO2)cc2c(=O)[nH]nc1-2. The van der Waals surface area contributed by atoms with Crippen molar-refractivity contribution < 1.29 is 9.53 Å². The van der Waals surface area contributed by atoms with E-state index in [1.165, 1.54) is 0 Å². The number of carbonyl (C=O) groups excluding carboxylic acids is 1. The lowest BCUT2D eigenvalue weighted by Crippen LogP contribution is -2.20. The third kappa shape index (κ3) is 3.48. The first-order chi connectivity index (χ1) is 13.0. The Kier molecular flexibility index (Phi) is 4.72. The summed E-state index contributed by atoms with van der Waals surface area (Å²) in [5, 5.41) is 9.89. The first-order valence-electron chi connectivity index (χ1n) is 8.79. The molecule has 1 atom stereocenters. The van der Waals surface area contributed by atoms with Crippen LogP contribution in [0.2, 0.25) is 5.02 Å². The Balaban J connectivity index is 1.69. The molecule has 3 aliphatic rings. The zero-order valence-electron chi connectivity index (χ0n) is 14.8. The van der Waals surface area contributed by atoms with Crippen LogP contribution in [0.1, 0.15) is 28.8 Å². The van der Waals surface area contributed by atoms with Gasteiger partial charge in [-0.15, -0.1) is 0 Å². The van der Waals surface area contributed by atoms with E-state index in [1.54, 1.807) is 30.6 Å². The number of anilines is 1. The Morgan fingerprint density at radius 1 is 1.44 bits per heavy atom. The summed E-state index contributed by atoms with van der Waals surface area (Å²) in [5.41, 5.74) is 2.12. The average Bonchev–Trinajstić information content (AvgIpc) is 3.29. The molecule has 27 heavy (non-hydrogen) atoms. The number of aromatic amines is 1. The smallest absolute Gasteiger partial charge is 0.275 e. The van der Waals surface area contributed by atoms with Gasteiger partial charge < -0.3 is 14.6 Å². The molecule has 4 rings (SSSR count). The van der Waals surface area contributed by atoms with Crippen molar-refractivity contribution in [3.05, 3.63) is 57.1 Å². The molecule has 1 aromatic carbocycles. The fourth-order valence-electron chi connectivity index (χ4n) is 3.32. The molecule has 0 unspecified atom stereocenters. The molecular formula is C19H19ClN4O3. The highest BCUT2D eigenvalue weighted by molar-refractivity contribution is 6.31. The van der Waals surface area contributed by atoms with Gasteiger partial charge in [0.05, 0.1) is 17.2 Å². The van der Waals surface area contributed by atoms with E-state index in [4.69, 9.17) is 16.3 Å². The number of H-pyrrole nitrogens is 1. The van der Waals surface area contributed by atoms with E-state index >= 15 is 0 Å². The molecule has 0 bridgehead atoms. The Morgan fingerprint density at radius 3 is 3.07 bits per heavy atom. The highest BCUT2D eigenvalue weighted by Gasteiger charge is 2.23. The molecule has 3 heterocycles. The Labute approximate surface area is 160 Å². The number of aromatic nitrogens is 3. The number of nitrogens with one attached hydrogen (secondary N) is 2. The molecule has 0 saturated carbocycles. The minimum absolute atomic E-state index is 0.0838. The number of amides is 1. The number of rotatable bonds is 4. The van der Waals surface area contributed by atoms with E-state index in [2.05, 4.69) is 15.5 Å². The van der Waals surface area contributed by atoms with E-state index in [0.717, 1.165) is 25.0 Å². The van der Waals surface area contributed by atoms with E-state index in [1.807, 2.05) is 11.5 Å². The third-order valence-corrected chi connectivity index (χ3v) is 5.22. The lowest BCUT2D eigenvalue weighted by molar-refractivity contribution is 0.0961. The highest BCUT2D eigenvalue weighted by Crippen LogP contribution is 2.26. The van der Waals surface area contributed by atoms with E-state index in [0.29, 0.717) is 34.1 Å². The molecule has 0 aliphatic carbocycles. The molecule has 1 aromatic rings. The van der Waals surface area contributed by atoms with Crippen LogP contribution in [0.3, 0.4) is 0 Å². The topological polar surface area (TPSA) is 89.0 Å². The molecule has 0 aromatic heterocycles. The van der Waals surface area contributed by atoms with Crippen molar-refractivity contribution in [2.75, 3.05) is 11.9 Å². The largest absolute Gasteiger partial charge is 0.376 e. The maximum atomic E-state index is 12.9. The minimum Gasteiger partial charge on any atom is -0.376 e. The number of hydrogen-bond acceptors (Lipinski definition) is 4. The van der Waals surface area contributed by atoms with Crippen molar-refractivity contribution in [1.82, 2.24) is 14.8 Å². The van der Waals surface area contributed by atoms with Crippen LogP contribution in [0, 0.1) is 6.92 Å². The number of fused-ring (bicyclic) bond motifs is 1. The van der Waals surface area contributed by atoms with Crippen LogP contribution >= 0.6 is 11.6 Å². The zero-order chi connectivity index (χ0) is 19.0. The first kappa shape index (κ1) is 17.8. The van der Waals surface area contributed by atoms with Crippen LogP contribution < -0.4 is 10.9 Å². The summed E-state index contributed by atoms with van der Waals surface area (Å²) in [4.78, 5) is 25.0. The van der Waals surface area contributed by atoms with Crippen LogP contribution in [-0.2, 0) is 11.3 Å². The van der Waals surface area contributed by atoms with Crippen LogP contribution in [0.15, 0.2) is 35.4 Å². The summed E-state index contributed by atoms with van der Waals surface area (Å²) in [5.74, 6) is -0.349. The fraction of sp³-hybridized carbons (Fsp3) is 0.316. The monoisotopic (exact) mass is 386 g/mol. The van der Waals surface area contributed by atoms with Crippen molar-refractivity contribution in [3.8, 4) is 11.3 Å². The molecule has 2 N–H and O–H groups in total. The third-order valence-electron chi connectivity index (χ3n) is 4.81. The van der Waals surface area contributed by atoms with E-state index < -0.39 is 0 Å². The maximum absolute atomic E-state index is 12.9. The van der Waals surface area contributed by atoms with Gasteiger partial charge in [-0.3, -0.25) is 9.59 Å². The van der Waals surface area contributed by atoms with Gasteiger partial charge in [0.25, 0.3) is 11.5 Å². The lowest BCUT2D eigenvalue weighted by Gasteiger charge is -2.16. The van der Waals surface area contributed by atoms with Crippen molar-refractivity contribution in [1.29, 1.82) is 0 Å². The molecule has 3 aliphatic heterocycles. The number of hydrogen-bond donors (Lipinski definition) is 2. The number of halogens is 1. The van der Waals surface area contributed by atoms with Gasteiger partial charge in [-0.25, -0.2) is 5.10 Å². The first-order valence-corrected chi connectivity index (χ1v) is 9.17. The van der Waals surface area contributed by atoms with Crippen molar-refractivity contribution in [2.45, 2.75) is 32.4 Å². The number of carbonyl (C=O) groups is 1. The average molecular weight is 387 g/mol. The van der Waals surface area contributed by atoms with Gasteiger partial charge in [0.2, 0.25) is 0 Å². The normalized spacial score (nSPS) is 16.7. The summed E-state index contributed by atoms with van der Waals surface area (Å²) in [6, 6.07) is 5.32. The van der Waals surface area contributed by atoms with E-state index in [9.17, 15) is 9.59 Å². The Bertz CT molecular complexity index is 1020.